The average Bonchev–Trinajstić information content (AvgIpc) is 2.57. The van der Waals surface area contributed by atoms with E-state index in [1.54, 1.807) is 0 Å². The molecule has 10 nitrogen and oxygen atoms in total. The number of carboxylic acids is 1. The van der Waals surface area contributed by atoms with Gasteiger partial charge in [-0.15, -0.1) is 0 Å². The van der Waals surface area contributed by atoms with E-state index in [1.165, 1.54) is 6.92 Å². The Morgan fingerprint density at radius 1 is 1.12 bits per heavy atom. The van der Waals surface area contributed by atoms with E-state index in [2.05, 4.69) is 28.6 Å². The summed E-state index contributed by atoms with van der Waals surface area (Å²) in [6.45, 7) is 1.35. The van der Waals surface area contributed by atoms with Crippen LogP contribution < -0.4 is 27.4 Å². The van der Waals surface area contributed by atoms with Crippen molar-refractivity contribution in [1.29, 1.82) is 0 Å². The highest BCUT2D eigenvalue weighted by molar-refractivity contribution is 7.80. The lowest BCUT2D eigenvalue weighted by atomic mass is 10.1. The van der Waals surface area contributed by atoms with Gasteiger partial charge in [0.1, 0.15) is 12.1 Å². The summed E-state index contributed by atoms with van der Waals surface area (Å²) in [7, 11) is 0. The number of hydrogen-bond donors (Lipinski definition) is 7. The number of aliphatic carboxylic acids is 1. The molecule has 0 aromatic heterocycles. The van der Waals surface area contributed by atoms with Crippen molar-refractivity contribution in [2.75, 3.05) is 18.8 Å². The molecule has 0 aliphatic rings. The number of carboxylic acid groups (broad SMARTS) is 1. The third-order valence-corrected chi connectivity index (χ3v) is 3.68. The number of thiol groups is 1. The van der Waals surface area contributed by atoms with E-state index < -0.39 is 48.4 Å². The molecule has 3 atom stereocenters. The second-order valence-corrected chi connectivity index (χ2v) is 5.85. The summed E-state index contributed by atoms with van der Waals surface area (Å²) in [5.74, 6) is -2.80. The maximum atomic E-state index is 12.2. The summed E-state index contributed by atoms with van der Waals surface area (Å²) in [5, 5.41) is 15.8. The fourth-order valence-electron chi connectivity index (χ4n) is 1.77. The van der Waals surface area contributed by atoms with Crippen molar-refractivity contribution in [3.05, 3.63) is 0 Å². The molecular formula is C14H27N5O5S. The molecule has 0 aliphatic carbocycles. The van der Waals surface area contributed by atoms with Gasteiger partial charge in [-0.05, 0) is 32.7 Å². The van der Waals surface area contributed by atoms with E-state index in [4.69, 9.17) is 16.6 Å². The Kier molecular flexibility index (Phi) is 11.6. The number of hydrogen-bond acceptors (Lipinski definition) is 7. The van der Waals surface area contributed by atoms with Gasteiger partial charge in [-0.2, -0.15) is 12.6 Å². The number of unbranched alkanes of at least 4 members (excludes halogenated alkanes) is 1. The van der Waals surface area contributed by atoms with Gasteiger partial charge in [-0.25, -0.2) is 0 Å². The molecule has 3 unspecified atom stereocenters. The van der Waals surface area contributed by atoms with Gasteiger partial charge in [-0.1, -0.05) is 0 Å². The summed E-state index contributed by atoms with van der Waals surface area (Å²) in [4.78, 5) is 46.3. The number of rotatable bonds is 12. The molecule has 0 rings (SSSR count). The molecule has 144 valence electrons. The first kappa shape index (κ1) is 23.1. The molecule has 0 bridgehead atoms. The molecule has 3 amide bonds. The molecule has 25 heavy (non-hydrogen) atoms. The predicted octanol–water partition coefficient (Wildman–Crippen LogP) is -2.44. The lowest BCUT2D eigenvalue weighted by Gasteiger charge is -2.20. The van der Waals surface area contributed by atoms with Gasteiger partial charge in [-0.3, -0.25) is 19.2 Å². The molecule has 0 fully saturated rings. The van der Waals surface area contributed by atoms with Gasteiger partial charge >= 0.3 is 5.97 Å². The second-order valence-electron chi connectivity index (χ2n) is 5.48. The van der Waals surface area contributed by atoms with Gasteiger partial charge in [0.2, 0.25) is 17.7 Å². The minimum absolute atomic E-state index is 0.123. The summed E-state index contributed by atoms with van der Waals surface area (Å²) < 4.78 is 0. The molecule has 0 heterocycles. The normalized spacial score (nSPS) is 14.1. The third kappa shape index (κ3) is 9.89. The molecule has 0 radical (unpaired) electrons. The van der Waals surface area contributed by atoms with Crippen molar-refractivity contribution in [2.24, 2.45) is 11.5 Å². The van der Waals surface area contributed by atoms with Crippen molar-refractivity contribution in [3.63, 3.8) is 0 Å². The van der Waals surface area contributed by atoms with Crippen LogP contribution in [-0.2, 0) is 19.2 Å². The quantitative estimate of drug-likeness (QED) is 0.146. The van der Waals surface area contributed by atoms with Crippen molar-refractivity contribution >= 4 is 36.3 Å². The van der Waals surface area contributed by atoms with Crippen LogP contribution in [0.1, 0.15) is 26.2 Å². The highest BCUT2D eigenvalue weighted by Crippen LogP contribution is 2.02. The summed E-state index contributed by atoms with van der Waals surface area (Å²) >= 11 is 3.93. The zero-order valence-corrected chi connectivity index (χ0v) is 15.1. The topological polar surface area (TPSA) is 177 Å². The molecule has 0 aliphatic heterocycles. The molecule has 0 saturated heterocycles. The predicted molar refractivity (Wildman–Crippen MR) is 94.9 cm³/mol. The smallest absolute Gasteiger partial charge is 0.325 e. The number of nitrogens with two attached hydrogens (primary N) is 2. The first-order chi connectivity index (χ1) is 11.7. The van der Waals surface area contributed by atoms with Gasteiger partial charge in [0.25, 0.3) is 0 Å². The van der Waals surface area contributed by atoms with E-state index in [9.17, 15) is 19.2 Å². The Hall–Kier alpha value is -1.85. The molecule has 0 spiro atoms. The maximum absolute atomic E-state index is 12.2. The Morgan fingerprint density at radius 3 is 2.28 bits per heavy atom. The Morgan fingerprint density at radius 2 is 1.76 bits per heavy atom. The van der Waals surface area contributed by atoms with Crippen LogP contribution in [0, 0.1) is 0 Å². The van der Waals surface area contributed by atoms with Crippen LogP contribution in [0.25, 0.3) is 0 Å². The molecule has 0 aromatic rings. The molecular weight excluding hydrogens is 350 g/mol. The van der Waals surface area contributed by atoms with Crippen LogP contribution in [0.3, 0.4) is 0 Å². The fraction of sp³-hybridized carbons (Fsp3) is 0.714. The minimum Gasteiger partial charge on any atom is -0.480 e. The van der Waals surface area contributed by atoms with Crippen molar-refractivity contribution in [3.8, 4) is 0 Å². The standard InChI is InChI=1S/C14H27N5O5S/c1-8(14(23)24)18-11(20)6-17-13(22)10(4-2-3-5-15)19-12(21)9(16)7-25/h8-10,25H,2-7,15-16H2,1H3,(H,17,22)(H,18,20)(H,19,21)(H,23,24). The van der Waals surface area contributed by atoms with Crippen LogP contribution in [0.15, 0.2) is 0 Å². The lowest BCUT2D eigenvalue weighted by molar-refractivity contribution is -0.141. The largest absolute Gasteiger partial charge is 0.480 e. The SMILES string of the molecule is CC(NC(=O)CNC(=O)C(CCCCN)NC(=O)C(N)CS)C(=O)O. The van der Waals surface area contributed by atoms with E-state index >= 15 is 0 Å². The van der Waals surface area contributed by atoms with Crippen LogP contribution in [0.4, 0.5) is 0 Å². The van der Waals surface area contributed by atoms with Crippen LogP contribution in [0.2, 0.25) is 0 Å². The highest BCUT2D eigenvalue weighted by Gasteiger charge is 2.23. The molecule has 11 heteroatoms. The summed E-state index contributed by atoms with van der Waals surface area (Å²) in [6, 6.07) is -2.79. The second kappa shape index (κ2) is 12.5. The summed E-state index contributed by atoms with van der Waals surface area (Å²) in [6.07, 6.45) is 1.61. The molecule has 0 aromatic carbocycles. The van der Waals surface area contributed by atoms with E-state index in [0.717, 1.165) is 0 Å². The Bertz CT molecular complexity index is 477. The Labute approximate surface area is 151 Å². The van der Waals surface area contributed by atoms with E-state index in [1.807, 2.05) is 0 Å². The zero-order chi connectivity index (χ0) is 19.4. The maximum Gasteiger partial charge on any atom is 0.325 e. The van der Waals surface area contributed by atoms with E-state index in [0.29, 0.717) is 25.8 Å². The van der Waals surface area contributed by atoms with E-state index in [-0.39, 0.29) is 5.75 Å². The van der Waals surface area contributed by atoms with Crippen molar-refractivity contribution in [1.82, 2.24) is 16.0 Å². The van der Waals surface area contributed by atoms with Gasteiger partial charge in [0.05, 0.1) is 12.6 Å². The highest BCUT2D eigenvalue weighted by atomic mass is 32.1. The monoisotopic (exact) mass is 377 g/mol. The molecule has 0 saturated carbocycles. The number of amides is 3. The first-order valence-corrected chi connectivity index (χ1v) is 8.52. The lowest BCUT2D eigenvalue weighted by Crippen LogP contribution is -2.53. The van der Waals surface area contributed by atoms with Crippen molar-refractivity contribution < 1.29 is 24.3 Å². The first-order valence-electron chi connectivity index (χ1n) is 7.89. The Balaban J connectivity index is 4.61. The van der Waals surface area contributed by atoms with Crippen LogP contribution in [0.5, 0.6) is 0 Å². The summed E-state index contributed by atoms with van der Waals surface area (Å²) in [5.41, 5.74) is 11.0. The fourth-order valence-corrected chi connectivity index (χ4v) is 1.93. The number of carbonyl (C=O) groups is 4. The number of nitrogens with one attached hydrogen (secondary N) is 3. The van der Waals surface area contributed by atoms with Gasteiger partial charge < -0.3 is 32.5 Å². The average molecular weight is 377 g/mol. The minimum atomic E-state index is -1.19. The number of carbonyl (C=O) groups excluding carboxylic acids is 3. The van der Waals surface area contributed by atoms with Crippen LogP contribution >= 0.6 is 12.6 Å². The molecule has 8 N–H and O–H groups in total. The third-order valence-electron chi connectivity index (χ3n) is 3.28. The van der Waals surface area contributed by atoms with Gasteiger partial charge in [0.15, 0.2) is 0 Å². The van der Waals surface area contributed by atoms with Gasteiger partial charge in [0, 0.05) is 5.75 Å². The van der Waals surface area contributed by atoms with Crippen LogP contribution in [-0.4, -0.2) is 65.8 Å². The zero-order valence-electron chi connectivity index (χ0n) is 14.2. The van der Waals surface area contributed by atoms with Crippen molar-refractivity contribution in [2.45, 2.75) is 44.3 Å².